The van der Waals surface area contributed by atoms with Gasteiger partial charge in [-0.25, -0.2) is 4.98 Å². The first-order valence-electron chi connectivity index (χ1n) is 10.4. The fourth-order valence-electron chi connectivity index (χ4n) is 3.89. The number of fused-ring (bicyclic) bond motifs is 3. The molecule has 4 aromatic rings. The summed E-state index contributed by atoms with van der Waals surface area (Å²) < 4.78 is 6.98. The predicted octanol–water partition coefficient (Wildman–Crippen LogP) is 4.74. The number of carbonyl (C=O) groups excluding carboxylic acids is 1. The first kappa shape index (κ1) is 20.3. The Labute approximate surface area is 189 Å². The van der Waals surface area contributed by atoms with Crippen LogP contribution in [0.5, 0.6) is 0 Å². The van der Waals surface area contributed by atoms with E-state index in [2.05, 4.69) is 34.1 Å². The number of aryl methyl sites for hydroxylation is 1. The van der Waals surface area contributed by atoms with Crippen LogP contribution in [0.3, 0.4) is 0 Å². The smallest absolute Gasteiger partial charge is 0.307 e. The monoisotopic (exact) mass is 443 g/mol. The van der Waals surface area contributed by atoms with Gasteiger partial charge in [0.25, 0.3) is 5.56 Å². The van der Waals surface area contributed by atoms with E-state index in [4.69, 9.17) is 4.74 Å². The zero-order valence-electron chi connectivity index (χ0n) is 17.5. The highest BCUT2D eigenvalue weighted by Crippen LogP contribution is 2.47. The lowest BCUT2D eigenvalue weighted by molar-refractivity contribution is -0.144. The summed E-state index contributed by atoms with van der Waals surface area (Å²) in [6.07, 6.45) is 0.221. The third-order valence-corrected chi connectivity index (χ3v) is 6.52. The van der Waals surface area contributed by atoms with Gasteiger partial charge >= 0.3 is 5.97 Å². The number of pyridine rings is 1. The van der Waals surface area contributed by atoms with Gasteiger partial charge in [0.1, 0.15) is 12.3 Å². The molecule has 32 heavy (non-hydrogen) atoms. The van der Waals surface area contributed by atoms with Gasteiger partial charge in [0.05, 0.1) is 23.5 Å². The second-order valence-electron chi connectivity index (χ2n) is 7.55. The summed E-state index contributed by atoms with van der Waals surface area (Å²) in [5.74, 6) is -0.329. The molecule has 0 amide bonds. The Hall–Kier alpha value is -3.58. The van der Waals surface area contributed by atoms with Crippen molar-refractivity contribution in [2.45, 2.75) is 29.7 Å². The standard InChI is InChI=1S/C25H21N3O3S/c1-17-7-6-12-23-26-18(15-24(29)28(17)23)16-31-25(30)13-14-27-19-8-2-4-10-21(19)32-22-11-5-3-9-20(22)27/h2-12,15H,13-14,16H2,1H3. The minimum Gasteiger partial charge on any atom is -0.459 e. The Balaban J connectivity index is 1.28. The van der Waals surface area contributed by atoms with E-state index >= 15 is 0 Å². The maximum absolute atomic E-state index is 12.5. The molecule has 1 aliphatic heterocycles. The maximum Gasteiger partial charge on any atom is 0.307 e. The number of hydrogen-bond acceptors (Lipinski definition) is 6. The summed E-state index contributed by atoms with van der Waals surface area (Å²) in [5, 5.41) is 0. The molecule has 5 rings (SSSR count). The molecule has 2 aromatic carbocycles. The summed E-state index contributed by atoms with van der Waals surface area (Å²) in [4.78, 5) is 33.9. The Morgan fingerprint density at radius 1 is 0.969 bits per heavy atom. The molecular formula is C25H21N3O3S. The number of esters is 1. The van der Waals surface area contributed by atoms with Crippen molar-refractivity contribution < 1.29 is 9.53 Å². The number of carbonyl (C=O) groups is 1. The summed E-state index contributed by atoms with van der Waals surface area (Å²) in [5.41, 5.74) is 3.79. The molecule has 1 aliphatic rings. The summed E-state index contributed by atoms with van der Waals surface area (Å²) >= 11 is 1.73. The fourth-order valence-corrected chi connectivity index (χ4v) is 4.99. The lowest BCUT2D eigenvalue weighted by Crippen LogP contribution is -2.24. The highest BCUT2D eigenvalue weighted by atomic mass is 32.2. The molecule has 7 heteroatoms. The van der Waals surface area contributed by atoms with Crippen LogP contribution in [0, 0.1) is 6.92 Å². The van der Waals surface area contributed by atoms with Gasteiger partial charge in [0, 0.05) is 28.1 Å². The van der Waals surface area contributed by atoms with Crippen LogP contribution in [-0.2, 0) is 16.1 Å². The average Bonchev–Trinajstić information content (AvgIpc) is 2.80. The SMILES string of the molecule is Cc1cccc2nc(COC(=O)CCN3c4ccccc4Sc4ccccc43)cc(=O)n12. The number of rotatable bonds is 5. The summed E-state index contributed by atoms with van der Waals surface area (Å²) in [6, 6.07) is 23.2. The Morgan fingerprint density at radius 3 is 2.38 bits per heavy atom. The van der Waals surface area contributed by atoms with E-state index in [9.17, 15) is 9.59 Å². The number of para-hydroxylation sites is 2. The first-order chi connectivity index (χ1) is 15.6. The van der Waals surface area contributed by atoms with E-state index < -0.39 is 0 Å². The van der Waals surface area contributed by atoms with E-state index in [0.717, 1.165) is 26.9 Å². The Kier molecular flexibility index (Phi) is 5.41. The molecule has 0 radical (unpaired) electrons. The van der Waals surface area contributed by atoms with Gasteiger partial charge in [-0.3, -0.25) is 14.0 Å². The lowest BCUT2D eigenvalue weighted by atomic mass is 10.2. The number of ether oxygens (including phenoxy) is 1. The number of aromatic nitrogens is 2. The molecule has 0 bridgehead atoms. The Morgan fingerprint density at radius 2 is 1.66 bits per heavy atom. The quantitative estimate of drug-likeness (QED) is 0.415. The van der Waals surface area contributed by atoms with Crippen LogP contribution in [0.4, 0.5) is 11.4 Å². The van der Waals surface area contributed by atoms with Crippen LogP contribution < -0.4 is 10.5 Å². The molecule has 0 aliphatic carbocycles. The number of anilines is 2. The molecule has 0 spiro atoms. The second-order valence-corrected chi connectivity index (χ2v) is 8.63. The topological polar surface area (TPSA) is 63.9 Å². The lowest BCUT2D eigenvalue weighted by Gasteiger charge is -2.32. The molecule has 0 saturated heterocycles. The maximum atomic E-state index is 12.5. The highest BCUT2D eigenvalue weighted by Gasteiger charge is 2.23. The number of nitrogens with zero attached hydrogens (tertiary/aromatic N) is 3. The van der Waals surface area contributed by atoms with Gasteiger partial charge in [0.15, 0.2) is 0 Å². The molecule has 0 unspecified atom stereocenters. The molecule has 2 aromatic heterocycles. The normalized spacial score (nSPS) is 12.3. The van der Waals surface area contributed by atoms with Crippen LogP contribution >= 0.6 is 11.8 Å². The highest BCUT2D eigenvalue weighted by molar-refractivity contribution is 7.99. The van der Waals surface area contributed by atoms with Crippen LogP contribution in [0.15, 0.2) is 87.4 Å². The summed E-state index contributed by atoms with van der Waals surface area (Å²) in [6.45, 7) is 2.33. The van der Waals surface area contributed by atoms with E-state index in [-0.39, 0.29) is 24.6 Å². The third kappa shape index (κ3) is 3.87. The van der Waals surface area contributed by atoms with Crippen molar-refractivity contribution in [1.82, 2.24) is 9.38 Å². The molecule has 6 nitrogen and oxygen atoms in total. The molecule has 3 heterocycles. The zero-order valence-corrected chi connectivity index (χ0v) is 18.3. The second kappa shape index (κ2) is 8.51. The van der Waals surface area contributed by atoms with Crippen LogP contribution in [0.2, 0.25) is 0 Å². The summed E-state index contributed by atoms with van der Waals surface area (Å²) in [7, 11) is 0. The average molecular weight is 444 g/mol. The molecule has 0 fully saturated rings. The molecule has 0 atom stereocenters. The van der Waals surface area contributed by atoms with E-state index in [1.807, 2.05) is 43.3 Å². The number of hydrogen-bond donors (Lipinski definition) is 0. The molecule has 160 valence electrons. The van der Waals surface area contributed by atoms with Gasteiger partial charge in [-0.2, -0.15) is 0 Å². The van der Waals surface area contributed by atoms with Crippen molar-refractivity contribution in [3.05, 3.63) is 94.5 Å². The van der Waals surface area contributed by atoms with E-state index in [1.165, 1.54) is 10.5 Å². The van der Waals surface area contributed by atoms with Gasteiger partial charge in [-0.15, -0.1) is 0 Å². The first-order valence-corrected chi connectivity index (χ1v) is 11.2. The molecular weight excluding hydrogens is 422 g/mol. The van der Waals surface area contributed by atoms with Crippen LogP contribution in [0.25, 0.3) is 5.65 Å². The van der Waals surface area contributed by atoms with Gasteiger partial charge in [-0.1, -0.05) is 42.1 Å². The molecule has 0 saturated carbocycles. The van der Waals surface area contributed by atoms with E-state index in [1.54, 1.807) is 17.8 Å². The Bertz CT molecular complexity index is 1340. The van der Waals surface area contributed by atoms with Crippen LogP contribution in [0.1, 0.15) is 17.8 Å². The fraction of sp³-hybridized carbons (Fsp3) is 0.160. The van der Waals surface area contributed by atoms with E-state index in [0.29, 0.717) is 17.9 Å². The van der Waals surface area contributed by atoms with Crippen molar-refractivity contribution in [2.24, 2.45) is 0 Å². The van der Waals surface area contributed by atoms with Gasteiger partial charge in [-0.05, 0) is 43.3 Å². The third-order valence-electron chi connectivity index (χ3n) is 5.39. The van der Waals surface area contributed by atoms with Crippen molar-refractivity contribution in [1.29, 1.82) is 0 Å². The van der Waals surface area contributed by atoms with Gasteiger partial charge < -0.3 is 9.64 Å². The van der Waals surface area contributed by atoms with Crippen molar-refractivity contribution in [3.63, 3.8) is 0 Å². The minimum absolute atomic E-state index is 0.0262. The van der Waals surface area contributed by atoms with Crippen molar-refractivity contribution in [2.75, 3.05) is 11.4 Å². The molecule has 0 N–H and O–H groups in total. The van der Waals surface area contributed by atoms with Crippen LogP contribution in [-0.4, -0.2) is 21.9 Å². The predicted molar refractivity (Wildman–Crippen MR) is 125 cm³/mol. The largest absolute Gasteiger partial charge is 0.459 e. The number of benzene rings is 2. The van der Waals surface area contributed by atoms with Crippen molar-refractivity contribution in [3.8, 4) is 0 Å². The zero-order chi connectivity index (χ0) is 22.1. The van der Waals surface area contributed by atoms with Gasteiger partial charge in [0.2, 0.25) is 0 Å². The van der Waals surface area contributed by atoms with Crippen molar-refractivity contribution >= 4 is 34.8 Å². The minimum atomic E-state index is -0.329.